The van der Waals surface area contributed by atoms with Crippen LogP contribution in [0, 0.1) is 5.41 Å². The van der Waals surface area contributed by atoms with Crippen molar-refractivity contribution in [2.45, 2.75) is 52.1 Å². The Labute approximate surface area is 142 Å². The summed E-state index contributed by atoms with van der Waals surface area (Å²) in [4.78, 5) is 32.2. The van der Waals surface area contributed by atoms with Crippen molar-refractivity contribution in [2.75, 3.05) is 26.2 Å². The van der Waals surface area contributed by atoms with Crippen LogP contribution in [0.1, 0.15) is 46.5 Å². The number of aliphatic carboxylic acids is 2. The average Bonchev–Trinajstić information content (AvgIpc) is 2.47. The largest absolute Gasteiger partial charge is 0.473 e. The summed E-state index contributed by atoms with van der Waals surface area (Å²) < 4.78 is 5.48. The van der Waals surface area contributed by atoms with Gasteiger partial charge < -0.3 is 25.2 Å². The first-order valence-electron chi connectivity index (χ1n) is 8.20. The molecule has 8 heteroatoms. The maximum Gasteiger partial charge on any atom is 0.414 e. The summed E-state index contributed by atoms with van der Waals surface area (Å²) in [6.07, 6.45) is 4.65. The van der Waals surface area contributed by atoms with E-state index >= 15 is 0 Å². The minimum Gasteiger partial charge on any atom is -0.473 e. The van der Waals surface area contributed by atoms with Gasteiger partial charge in [0.2, 0.25) is 0 Å². The number of hydrogen-bond donors (Lipinski definition) is 3. The zero-order chi connectivity index (χ0) is 18.4. The average molecular weight is 344 g/mol. The molecule has 2 aliphatic rings. The van der Waals surface area contributed by atoms with Crippen molar-refractivity contribution in [3.05, 3.63) is 0 Å². The van der Waals surface area contributed by atoms with Gasteiger partial charge >= 0.3 is 18.0 Å². The maximum absolute atomic E-state index is 12.1. The van der Waals surface area contributed by atoms with E-state index in [1.807, 2.05) is 25.7 Å². The fourth-order valence-corrected chi connectivity index (χ4v) is 3.07. The molecule has 1 unspecified atom stereocenters. The molecule has 0 bridgehead atoms. The summed E-state index contributed by atoms with van der Waals surface area (Å²) in [6.45, 7) is 9.64. The minimum atomic E-state index is -1.82. The lowest BCUT2D eigenvalue weighted by atomic mass is 9.74. The highest BCUT2D eigenvalue weighted by Crippen LogP contribution is 2.36. The van der Waals surface area contributed by atoms with Gasteiger partial charge in [-0.05, 0) is 53.0 Å². The summed E-state index contributed by atoms with van der Waals surface area (Å²) in [6, 6.07) is 0. The molecule has 1 spiro atoms. The second-order valence-corrected chi connectivity index (χ2v) is 7.40. The van der Waals surface area contributed by atoms with Gasteiger partial charge in [0.1, 0.15) is 5.60 Å². The molecule has 0 aliphatic carbocycles. The Hall–Kier alpha value is -1.83. The molecular weight excluding hydrogens is 316 g/mol. The van der Waals surface area contributed by atoms with Gasteiger partial charge in [-0.25, -0.2) is 14.4 Å². The quantitative estimate of drug-likeness (QED) is 0.571. The van der Waals surface area contributed by atoms with E-state index in [-0.39, 0.29) is 6.09 Å². The Morgan fingerprint density at radius 1 is 1.08 bits per heavy atom. The van der Waals surface area contributed by atoms with Crippen LogP contribution >= 0.6 is 0 Å². The van der Waals surface area contributed by atoms with Gasteiger partial charge in [-0.1, -0.05) is 0 Å². The molecule has 24 heavy (non-hydrogen) atoms. The minimum absolute atomic E-state index is 0.146. The molecule has 1 atom stereocenters. The summed E-state index contributed by atoms with van der Waals surface area (Å²) in [7, 11) is 0. The third-order valence-electron chi connectivity index (χ3n) is 4.06. The van der Waals surface area contributed by atoms with E-state index in [9.17, 15) is 4.79 Å². The number of carbonyl (C=O) groups excluding carboxylic acids is 1. The van der Waals surface area contributed by atoms with Crippen LogP contribution in [0.15, 0.2) is 0 Å². The number of likely N-dealkylation sites (tertiary alicyclic amines) is 1. The highest BCUT2D eigenvalue weighted by molar-refractivity contribution is 6.27. The van der Waals surface area contributed by atoms with E-state index in [4.69, 9.17) is 24.5 Å². The lowest BCUT2D eigenvalue weighted by Crippen LogP contribution is -2.53. The van der Waals surface area contributed by atoms with Crippen LogP contribution in [0.4, 0.5) is 4.79 Å². The molecule has 0 radical (unpaired) electrons. The van der Waals surface area contributed by atoms with Gasteiger partial charge in [-0.2, -0.15) is 0 Å². The van der Waals surface area contributed by atoms with Crippen LogP contribution in [0.3, 0.4) is 0 Å². The van der Waals surface area contributed by atoms with E-state index in [0.717, 1.165) is 32.6 Å². The van der Waals surface area contributed by atoms with Crippen LogP contribution < -0.4 is 5.32 Å². The first-order valence-corrected chi connectivity index (χ1v) is 8.20. The van der Waals surface area contributed by atoms with Crippen molar-refractivity contribution in [1.29, 1.82) is 0 Å². The number of carbonyl (C=O) groups is 3. The van der Waals surface area contributed by atoms with Crippen molar-refractivity contribution in [3.8, 4) is 0 Å². The van der Waals surface area contributed by atoms with E-state index in [1.165, 1.54) is 19.3 Å². The molecule has 0 saturated carbocycles. The molecule has 2 heterocycles. The highest BCUT2D eigenvalue weighted by Gasteiger charge is 2.39. The number of carboxylic acids is 2. The normalized spacial score (nSPS) is 23.9. The second kappa shape index (κ2) is 8.32. The molecule has 8 nitrogen and oxygen atoms in total. The second-order valence-electron chi connectivity index (χ2n) is 7.40. The van der Waals surface area contributed by atoms with Gasteiger partial charge in [-0.3, -0.25) is 0 Å². The number of rotatable bonds is 0. The van der Waals surface area contributed by atoms with Crippen LogP contribution in [0.5, 0.6) is 0 Å². The Morgan fingerprint density at radius 3 is 2.12 bits per heavy atom. The molecule has 2 saturated heterocycles. The summed E-state index contributed by atoms with van der Waals surface area (Å²) in [5, 5.41) is 18.3. The van der Waals surface area contributed by atoms with Gasteiger partial charge in [0.05, 0.1) is 0 Å². The molecule has 0 aromatic rings. The Balaban J connectivity index is 0.000000413. The zero-order valence-electron chi connectivity index (χ0n) is 14.6. The Kier molecular flexibility index (Phi) is 7.01. The van der Waals surface area contributed by atoms with E-state index in [0.29, 0.717) is 5.41 Å². The number of nitrogens with one attached hydrogen (secondary N) is 1. The monoisotopic (exact) mass is 344 g/mol. The fraction of sp³-hybridized carbons (Fsp3) is 0.812. The molecule has 138 valence electrons. The smallest absolute Gasteiger partial charge is 0.414 e. The predicted molar refractivity (Wildman–Crippen MR) is 86.8 cm³/mol. The van der Waals surface area contributed by atoms with Gasteiger partial charge in [0.25, 0.3) is 0 Å². The van der Waals surface area contributed by atoms with Crippen molar-refractivity contribution >= 4 is 18.0 Å². The summed E-state index contributed by atoms with van der Waals surface area (Å²) in [5.41, 5.74) is -0.0973. The Morgan fingerprint density at radius 2 is 1.67 bits per heavy atom. The van der Waals surface area contributed by atoms with E-state index in [1.54, 1.807) is 0 Å². The van der Waals surface area contributed by atoms with Crippen molar-refractivity contribution in [1.82, 2.24) is 10.2 Å². The fourth-order valence-electron chi connectivity index (χ4n) is 3.07. The number of piperidine rings is 2. The predicted octanol–water partition coefficient (Wildman–Crippen LogP) is 1.54. The third-order valence-corrected chi connectivity index (χ3v) is 4.06. The van der Waals surface area contributed by atoms with Crippen molar-refractivity contribution in [3.63, 3.8) is 0 Å². The van der Waals surface area contributed by atoms with Gasteiger partial charge in [0.15, 0.2) is 0 Å². The molecule has 3 N–H and O–H groups in total. The molecule has 2 fully saturated rings. The number of carboxylic acid groups (broad SMARTS) is 2. The van der Waals surface area contributed by atoms with Gasteiger partial charge in [0, 0.05) is 25.0 Å². The molecule has 2 rings (SSSR count). The number of nitrogens with zero attached hydrogens (tertiary/aromatic N) is 1. The number of hydrogen-bond acceptors (Lipinski definition) is 5. The first-order chi connectivity index (χ1) is 11.0. The lowest BCUT2D eigenvalue weighted by molar-refractivity contribution is -0.159. The van der Waals surface area contributed by atoms with Crippen molar-refractivity contribution < 1.29 is 29.3 Å². The molecular formula is C16H28N2O6. The lowest BCUT2D eigenvalue weighted by Gasteiger charge is -2.45. The topological polar surface area (TPSA) is 116 Å². The summed E-state index contributed by atoms with van der Waals surface area (Å²) in [5.74, 6) is -3.65. The number of ether oxygens (including phenoxy) is 1. The standard InChI is InChI=1S/C14H26N2O2.C2H2O4/c1-13(2,3)18-12(17)16-9-5-7-14(11-16)6-4-8-15-10-14;3-1(4)2(5)6/h15H,4-11H2,1-3H3;(H,3,4)(H,5,6). The van der Waals surface area contributed by atoms with Crippen molar-refractivity contribution in [2.24, 2.45) is 5.41 Å². The maximum atomic E-state index is 12.1. The van der Waals surface area contributed by atoms with Crippen LogP contribution in [-0.4, -0.2) is 64.9 Å². The van der Waals surface area contributed by atoms with Crippen LogP contribution in [0.25, 0.3) is 0 Å². The number of amides is 1. The van der Waals surface area contributed by atoms with Crippen LogP contribution in [0.2, 0.25) is 0 Å². The third kappa shape index (κ3) is 6.74. The summed E-state index contributed by atoms with van der Waals surface area (Å²) >= 11 is 0. The van der Waals surface area contributed by atoms with E-state index in [2.05, 4.69) is 5.32 Å². The van der Waals surface area contributed by atoms with E-state index < -0.39 is 17.5 Å². The first kappa shape index (κ1) is 20.2. The highest BCUT2D eigenvalue weighted by atomic mass is 16.6. The molecule has 0 aromatic heterocycles. The molecule has 1 amide bonds. The SMILES string of the molecule is CC(C)(C)OC(=O)N1CCCC2(CCCNC2)C1.O=C(O)C(=O)O. The molecule has 0 aromatic carbocycles. The molecule has 2 aliphatic heterocycles. The Bertz CT molecular complexity index is 448. The van der Waals surface area contributed by atoms with Crippen LogP contribution in [-0.2, 0) is 14.3 Å². The zero-order valence-corrected chi connectivity index (χ0v) is 14.6. The van der Waals surface area contributed by atoms with Gasteiger partial charge in [-0.15, -0.1) is 0 Å².